The molecule has 0 bridgehead atoms. The smallest absolute Gasteiger partial charge is 0.286 e. The molecule has 184 valence electrons. The van der Waals surface area contributed by atoms with Crippen LogP contribution >= 0.6 is 11.8 Å². The van der Waals surface area contributed by atoms with Crippen molar-refractivity contribution in [1.29, 1.82) is 0 Å². The summed E-state index contributed by atoms with van der Waals surface area (Å²) in [6, 6.07) is 14.9. The van der Waals surface area contributed by atoms with E-state index in [1.54, 1.807) is 7.05 Å². The van der Waals surface area contributed by atoms with Crippen LogP contribution in [0.4, 0.5) is 10.5 Å². The van der Waals surface area contributed by atoms with E-state index in [9.17, 15) is 14.7 Å². The molecule has 2 aromatic rings. The van der Waals surface area contributed by atoms with E-state index >= 15 is 0 Å². The Hall–Kier alpha value is -2.79. The van der Waals surface area contributed by atoms with Gasteiger partial charge < -0.3 is 25.2 Å². The molecule has 2 aromatic carbocycles. The molecule has 4 atom stereocenters. The third-order valence-electron chi connectivity index (χ3n) is 5.21. The zero-order valence-electron chi connectivity index (χ0n) is 19.5. The monoisotopic (exact) mass is 488 g/mol. The number of imide groups is 1. The number of amides is 2. The molecule has 34 heavy (non-hydrogen) atoms. The van der Waals surface area contributed by atoms with Gasteiger partial charge in [0.25, 0.3) is 5.24 Å². The van der Waals surface area contributed by atoms with Gasteiger partial charge in [-0.1, -0.05) is 30.0 Å². The Morgan fingerprint density at radius 2 is 1.88 bits per heavy atom. The number of hydrogen-bond donors (Lipinski definition) is 5. The summed E-state index contributed by atoms with van der Waals surface area (Å²) < 4.78 is 11.9. The molecule has 3 rings (SSSR count). The molecule has 0 aromatic heterocycles. The average molecular weight is 489 g/mol. The van der Waals surface area contributed by atoms with Crippen molar-refractivity contribution in [2.24, 2.45) is 0 Å². The van der Waals surface area contributed by atoms with Crippen molar-refractivity contribution in [2.75, 3.05) is 32.6 Å². The molecule has 0 saturated carbocycles. The fourth-order valence-electron chi connectivity index (χ4n) is 3.42. The van der Waals surface area contributed by atoms with Gasteiger partial charge in [-0.15, -0.1) is 0 Å². The number of aliphatic hydroxyl groups excluding tert-OH is 1. The van der Waals surface area contributed by atoms with E-state index in [0.717, 1.165) is 23.0 Å². The molecule has 1 heterocycles. The Kier molecular flexibility index (Phi) is 9.58. The van der Waals surface area contributed by atoms with E-state index in [-0.39, 0.29) is 17.2 Å². The van der Waals surface area contributed by atoms with Gasteiger partial charge >= 0.3 is 0 Å². The molecule has 0 radical (unpaired) electrons. The van der Waals surface area contributed by atoms with Crippen molar-refractivity contribution >= 4 is 28.6 Å². The number of carbonyl (C=O) groups is 2. The van der Waals surface area contributed by atoms with Crippen LogP contribution in [0.1, 0.15) is 12.5 Å². The van der Waals surface area contributed by atoms with Crippen molar-refractivity contribution in [2.45, 2.75) is 37.0 Å². The topological polar surface area (TPSA) is 121 Å². The number of carbonyl (C=O) groups excluding carboxylic acids is 2. The first-order valence-electron chi connectivity index (χ1n) is 11.1. The van der Waals surface area contributed by atoms with Crippen LogP contribution in [-0.4, -0.2) is 67.1 Å². The first-order chi connectivity index (χ1) is 16.4. The second-order valence-electron chi connectivity index (χ2n) is 8.05. The van der Waals surface area contributed by atoms with Crippen LogP contribution in [0.15, 0.2) is 48.5 Å². The second kappa shape index (κ2) is 12.6. The van der Waals surface area contributed by atoms with Gasteiger partial charge in [-0.2, -0.15) is 0 Å². The molecule has 2 amide bonds. The molecule has 4 unspecified atom stereocenters. The van der Waals surface area contributed by atoms with Gasteiger partial charge in [0.15, 0.2) is 6.23 Å². The zero-order valence-corrected chi connectivity index (χ0v) is 20.4. The number of nitrogens with one attached hydrogen (secondary N) is 4. The van der Waals surface area contributed by atoms with Gasteiger partial charge in [-0.05, 0) is 50.2 Å². The summed E-state index contributed by atoms with van der Waals surface area (Å²) in [6.45, 7) is 2.67. The minimum Gasteiger partial charge on any atom is -0.492 e. The molecule has 1 fully saturated rings. The van der Waals surface area contributed by atoms with E-state index in [1.165, 1.54) is 0 Å². The van der Waals surface area contributed by atoms with Crippen molar-refractivity contribution in [3.8, 4) is 11.5 Å². The number of anilines is 1. The standard InChI is InChI=1S/C24H32N4O5S/c1-15(27-23(20(29)13-25-2)33-19-6-4-5-17(12-19)26-3)14-32-18-9-7-16(8-10-18)11-21-22(30)28-24(31)34-21/h4-10,12,15,20-21,23,25-27,29H,11,13-14H2,1-3H3,(H,28,30,31). The molecule has 10 heteroatoms. The predicted molar refractivity (Wildman–Crippen MR) is 133 cm³/mol. The van der Waals surface area contributed by atoms with E-state index in [2.05, 4.69) is 21.3 Å². The average Bonchev–Trinajstić information content (AvgIpc) is 3.14. The summed E-state index contributed by atoms with van der Waals surface area (Å²) in [7, 11) is 3.61. The highest BCUT2D eigenvalue weighted by molar-refractivity contribution is 8.15. The lowest BCUT2D eigenvalue weighted by molar-refractivity contribution is -0.118. The van der Waals surface area contributed by atoms with Crippen molar-refractivity contribution in [3.63, 3.8) is 0 Å². The van der Waals surface area contributed by atoms with E-state index < -0.39 is 17.6 Å². The lowest BCUT2D eigenvalue weighted by Gasteiger charge is -2.28. The minimum atomic E-state index is -0.775. The molecular formula is C24H32N4O5S. The maximum absolute atomic E-state index is 11.7. The Morgan fingerprint density at radius 1 is 1.12 bits per heavy atom. The lowest BCUT2D eigenvalue weighted by Crippen LogP contribution is -2.52. The Bertz CT molecular complexity index is 959. The molecule has 1 aliphatic heterocycles. The Balaban J connectivity index is 1.52. The van der Waals surface area contributed by atoms with Gasteiger partial charge in [0, 0.05) is 31.4 Å². The maximum Gasteiger partial charge on any atom is 0.286 e. The summed E-state index contributed by atoms with van der Waals surface area (Å²) in [5.74, 6) is 1.08. The lowest BCUT2D eigenvalue weighted by atomic mass is 10.1. The molecule has 1 aliphatic rings. The minimum absolute atomic E-state index is 0.117. The van der Waals surface area contributed by atoms with Crippen LogP contribution in [0.2, 0.25) is 0 Å². The Labute approximate surface area is 204 Å². The number of benzene rings is 2. The molecule has 9 nitrogen and oxygen atoms in total. The number of ether oxygens (including phenoxy) is 2. The van der Waals surface area contributed by atoms with E-state index in [4.69, 9.17) is 9.47 Å². The number of aliphatic hydroxyl groups is 1. The third kappa shape index (κ3) is 7.63. The van der Waals surface area contributed by atoms with E-state index in [1.807, 2.05) is 62.5 Å². The molecular weight excluding hydrogens is 456 g/mol. The van der Waals surface area contributed by atoms with Crippen molar-refractivity contribution in [3.05, 3.63) is 54.1 Å². The number of thioether (sulfide) groups is 1. The van der Waals surface area contributed by atoms with Gasteiger partial charge in [0.1, 0.15) is 24.2 Å². The van der Waals surface area contributed by atoms with Crippen molar-refractivity contribution < 1.29 is 24.2 Å². The first kappa shape index (κ1) is 25.8. The quantitative estimate of drug-likeness (QED) is 0.270. The van der Waals surface area contributed by atoms with Crippen LogP contribution in [0.3, 0.4) is 0 Å². The highest BCUT2D eigenvalue weighted by atomic mass is 32.2. The van der Waals surface area contributed by atoms with Crippen LogP contribution in [0.5, 0.6) is 11.5 Å². The predicted octanol–water partition coefficient (Wildman–Crippen LogP) is 1.96. The third-order valence-corrected chi connectivity index (χ3v) is 6.19. The summed E-state index contributed by atoms with van der Waals surface area (Å²) in [4.78, 5) is 23.1. The highest BCUT2D eigenvalue weighted by Crippen LogP contribution is 2.24. The number of rotatable bonds is 13. The van der Waals surface area contributed by atoms with E-state index in [0.29, 0.717) is 31.1 Å². The summed E-state index contributed by atoms with van der Waals surface area (Å²) in [5.41, 5.74) is 1.87. The molecule has 5 N–H and O–H groups in total. The number of likely N-dealkylation sites (N-methyl/N-ethyl adjacent to an activating group) is 1. The van der Waals surface area contributed by atoms with Gasteiger partial charge in [-0.3, -0.25) is 20.2 Å². The Morgan fingerprint density at radius 3 is 2.53 bits per heavy atom. The fraction of sp³-hybridized carbons (Fsp3) is 0.417. The maximum atomic E-state index is 11.7. The summed E-state index contributed by atoms with van der Waals surface area (Å²) in [5, 5.41) is 21.5. The van der Waals surface area contributed by atoms with Crippen LogP contribution < -0.4 is 30.7 Å². The SMILES string of the molecule is CNCC(O)C(NC(C)COc1ccc(CC2SC(=O)NC2=O)cc1)Oc1cccc(NC)c1. The highest BCUT2D eigenvalue weighted by Gasteiger charge is 2.31. The first-order valence-corrected chi connectivity index (χ1v) is 12.0. The van der Waals surface area contributed by atoms with Crippen molar-refractivity contribution in [1.82, 2.24) is 16.0 Å². The normalized spacial score (nSPS) is 18.2. The van der Waals surface area contributed by atoms with Gasteiger partial charge in [0.05, 0.1) is 5.25 Å². The summed E-state index contributed by atoms with van der Waals surface area (Å²) >= 11 is 1.02. The van der Waals surface area contributed by atoms with Crippen LogP contribution in [0, 0.1) is 0 Å². The van der Waals surface area contributed by atoms with Gasteiger partial charge in [0.2, 0.25) is 5.91 Å². The summed E-state index contributed by atoms with van der Waals surface area (Å²) in [6.07, 6.45) is -0.932. The fourth-order valence-corrected chi connectivity index (χ4v) is 4.28. The molecule has 0 aliphatic carbocycles. The van der Waals surface area contributed by atoms with Gasteiger partial charge in [-0.25, -0.2) is 0 Å². The largest absolute Gasteiger partial charge is 0.492 e. The second-order valence-corrected chi connectivity index (χ2v) is 9.23. The molecule has 1 saturated heterocycles. The number of hydrogen-bond acceptors (Lipinski definition) is 9. The van der Waals surface area contributed by atoms with Crippen LogP contribution in [0.25, 0.3) is 0 Å². The van der Waals surface area contributed by atoms with Crippen LogP contribution in [-0.2, 0) is 11.2 Å². The molecule has 0 spiro atoms. The zero-order chi connectivity index (χ0) is 24.5.